The molecule has 47 heavy (non-hydrogen) atoms. The minimum atomic E-state index is -1.86. The Hall–Kier alpha value is -3.67. The van der Waals surface area contributed by atoms with Gasteiger partial charge in [-0.3, -0.25) is 4.79 Å². The molecule has 3 unspecified atom stereocenters. The molecule has 248 valence electrons. The molecule has 3 bridgehead atoms. The van der Waals surface area contributed by atoms with Crippen LogP contribution in [-0.2, 0) is 30.2 Å². The molecule has 2 aromatic carbocycles. The van der Waals surface area contributed by atoms with Crippen molar-refractivity contribution in [3.63, 3.8) is 0 Å². The van der Waals surface area contributed by atoms with Crippen LogP contribution in [0.5, 0.6) is 17.2 Å². The van der Waals surface area contributed by atoms with Crippen molar-refractivity contribution in [2.45, 2.75) is 68.9 Å². The average Bonchev–Trinajstić information content (AvgIpc) is 3.33. The number of phenols is 1. The van der Waals surface area contributed by atoms with Gasteiger partial charge in [0.05, 0.1) is 24.2 Å². The molecule has 3 fully saturated rings. The molecule has 8 atom stereocenters. The molecule has 3 aliphatic carbocycles. The Morgan fingerprint density at radius 1 is 1.17 bits per heavy atom. The first-order chi connectivity index (χ1) is 22.3. The molecule has 0 aromatic heterocycles. The van der Waals surface area contributed by atoms with Crippen LogP contribution in [0.1, 0.15) is 39.2 Å². The van der Waals surface area contributed by atoms with Gasteiger partial charge in [-0.1, -0.05) is 67.6 Å². The molecule has 2 heterocycles. The van der Waals surface area contributed by atoms with E-state index in [1.807, 2.05) is 49.4 Å². The van der Waals surface area contributed by atoms with Crippen LogP contribution >= 0.6 is 11.6 Å². The van der Waals surface area contributed by atoms with Crippen LogP contribution in [0.4, 0.5) is 4.79 Å². The maximum atomic E-state index is 13.8. The average molecular weight is 665 g/mol. The third kappa shape index (κ3) is 4.68. The summed E-state index contributed by atoms with van der Waals surface area (Å²) in [5, 5.41) is 22.3. The predicted octanol–water partition coefficient (Wildman–Crippen LogP) is 5.83. The van der Waals surface area contributed by atoms with Crippen molar-refractivity contribution in [1.82, 2.24) is 0 Å². The summed E-state index contributed by atoms with van der Waals surface area (Å²) in [5.41, 5.74) is -1.19. The van der Waals surface area contributed by atoms with E-state index in [4.69, 9.17) is 40.0 Å². The number of aromatic hydroxyl groups is 1. The third-order valence-corrected chi connectivity index (χ3v) is 10.8. The maximum Gasteiger partial charge on any atom is 0.514 e. The van der Waals surface area contributed by atoms with Gasteiger partial charge in [0.15, 0.2) is 17.3 Å². The van der Waals surface area contributed by atoms with Crippen LogP contribution in [-0.4, -0.2) is 64.7 Å². The highest BCUT2D eigenvalue weighted by atomic mass is 35.5. The topological polar surface area (TPSA) is 130 Å². The van der Waals surface area contributed by atoms with Crippen molar-refractivity contribution in [1.29, 1.82) is 0 Å². The lowest BCUT2D eigenvalue weighted by molar-refractivity contribution is -0.421. The van der Waals surface area contributed by atoms with Crippen LogP contribution in [0.25, 0.3) is 0 Å². The Kier molecular flexibility index (Phi) is 7.42. The Bertz CT molecular complexity index is 1740. The zero-order chi connectivity index (χ0) is 33.5. The summed E-state index contributed by atoms with van der Waals surface area (Å²) in [6.07, 6.45) is 2.84. The quantitative estimate of drug-likeness (QED) is 0.212. The summed E-state index contributed by atoms with van der Waals surface area (Å²) in [6.45, 7) is 9.72. The zero-order valence-electron chi connectivity index (χ0n) is 26.6. The van der Waals surface area contributed by atoms with Crippen molar-refractivity contribution in [2.24, 2.45) is 17.8 Å². The fourth-order valence-corrected chi connectivity index (χ4v) is 8.73. The molecule has 0 radical (unpaired) electrons. The van der Waals surface area contributed by atoms with Gasteiger partial charge in [-0.25, -0.2) is 4.79 Å². The van der Waals surface area contributed by atoms with E-state index in [1.165, 1.54) is 19.2 Å². The molecule has 2 saturated heterocycles. The minimum Gasteiger partial charge on any atom is -0.503 e. The molecular weight excluding hydrogens is 628 g/mol. The predicted molar refractivity (Wildman–Crippen MR) is 169 cm³/mol. The number of benzene rings is 2. The van der Waals surface area contributed by atoms with Crippen molar-refractivity contribution in [3.8, 4) is 17.2 Å². The van der Waals surface area contributed by atoms with Crippen molar-refractivity contribution >= 4 is 23.5 Å². The third-order valence-electron chi connectivity index (χ3n) is 10.5. The second-order valence-electron chi connectivity index (χ2n) is 13.4. The first-order valence-corrected chi connectivity index (χ1v) is 16.0. The number of halogens is 1. The molecule has 11 heteroatoms. The van der Waals surface area contributed by atoms with Crippen molar-refractivity contribution in [3.05, 3.63) is 88.5 Å². The number of aliphatic hydroxyl groups is 1. The van der Waals surface area contributed by atoms with Gasteiger partial charge < -0.3 is 38.6 Å². The first kappa shape index (κ1) is 31.9. The number of hydrogen-bond acceptors (Lipinski definition) is 10. The summed E-state index contributed by atoms with van der Waals surface area (Å²) < 4.78 is 36.7. The molecule has 1 saturated carbocycles. The van der Waals surface area contributed by atoms with Crippen LogP contribution in [0, 0.1) is 17.8 Å². The second kappa shape index (κ2) is 10.9. The Morgan fingerprint density at radius 3 is 2.62 bits per heavy atom. The van der Waals surface area contributed by atoms with Crippen LogP contribution < -0.4 is 9.47 Å². The van der Waals surface area contributed by atoms with E-state index in [9.17, 15) is 19.8 Å². The van der Waals surface area contributed by atoms with E-state index < -0.39 is 52.7 Å². The molecule has 7 rings (SSSR count). The van der Waals surface area contributed by atoms with E-state index in [0.717, 1.165) is 11.1 Å². The number of fused-ring (bicyclic) bond motifs is 2. The first-order valence-electron chi connectivity index (χ1n) is 15.6. The summed E-state index contributed by atoms with van der Waals surface area (Å²) in [6, 6.07) is 12.3. The van der Waals surface area contributed by atoms with Crippen LogP contribution in [0.15, 0.2) is 77.9 Å². The smallest absolute Gasteiger partial charge is 0.503 e. The minimum absolute atomic E-state index is 0.00517. The van der Waals surface area contributed by atoms with Gasteiger partial charge in [0, 0.05) is 30.4 Å². The molecule has 10 nitrogen and oxygen atoms in total. The number of rotatable bonds is 7. The van der Waals surface area contributed by atoms with Gasteiger partial charge in [-0.2, -0.15) is 0 Å². The zero-order valence-corrected chi connectivity index (χ0v) is 27.3. The molecule has 0 amide bonds. The molecular formula is C36H37ClO10. The highest BCUT2D eigenvalue weighted by Crippen LogP contribution is 2.68. The Morgan fingerprint density at radius 2 is 1.91 bits per heavy atom. The standard InChI is InChI=1S/C36H37ClO10/c1-19(2)34-15-21(4)36-25(31(34)45-35(46-34,47-36)17-22-9-7-6-8-10-22)12-23(16-33(41)28(36)11-20(3)30(33)39)18-43-32(40)44-24-13-26(37)29(38)27(14-24)42-5/h6-14,21,25,28,31,38,41H,1,15-18H2,2-5H3/t21-,25+,28-,31?,33-,34-,35?,36?/m1/s1. The summed E-state index contributed by atoms with van der Waals surface area (Å²) in [7, 11) is 1.34. The lowest BCUT2D eigenvalue weighted by Gasteiger charge is -2.59. The maximum absolute atomic E-state index is 13.8. The fourth-order valence-electron chi connectivity index (χ4n) is 8.53. The van der Waals surface area contributed by atoms with Crippen molar-refractivity contribution < 1.29 is 48.2 Å². The largest absolute Gasteiger partial charge is 0.514 e. The van der Waals surface area contributed by atoms with Crippen LogP contribution in [0.3, 0.4) is 0 Å². The van der Waals surface area contributed by atoms with Crippen molar-refractivity contribution in [2.75, 3.05) is 13.7 Å². The highest BCUT2D eigenvalue weighted by molar-refractivity contribution is 6.32. The summed E-state index contributed by atoms with van der Waals surface area (Å²) >= 11 is 6.04. The van der Waals surface area contributed by atoms with Crippen LogP contribution in [0.2, 0.25) is 5.02 Å². The fraction of sp³-hybridized carbons (Fsp3) is 0.444. The second-order valence-corrected chi connectivity index (χ2v) is 13.8. The SMILES string of the molecule is C=C(C)[C@]12C[C@@H](C)C34OC(Cc5ccccc5)(OC1[C@@H]3C=C(COC(=O)Oc1cc(Cl)c(O)c(OC)c1)C[C@]1(O)C(=O)C(C)=C[C@@H]41)O2. The molecule has 5 aliphatic rings. The summed E-state index contributed by atoms with van der Waals surface area (Å²) in [4.78, 5) is 26.6. The summed E-state index contributed by atoms with van der Waals surface area (Å²) in [5.74, 6) is -3.61. The number of methoxy groups -OCH3 is 1. The highest BCUT2D eigenvalue weighted by Gasteiger charge is 2.79. The van der Waals surface area contributed by atoms with E-state index in [-0.39, 0.29) is 41.2 Å². The number of Topliss-reactive ketones (excluding diaryl/α,β-unsaturated/α-hetero) is 1. The number of carbonyl (C=O) groups is 2. The van der Waals surface area contributed by atoms with E-state index >= 15 is 0 Å². The molecule has 2 aliphatic heterocycles. The van der Waals surface area contributed by atoms with E-state index in [2.05, 4.69) is 13.5 Å². The van der Waals surface area contributed by atoms with Gasteiger partial charge >= 0.3 is 6.16 Å². The number of phenolic OH excluding ortho intramolecular Hbond substituents is 1. The van der Waals surface area contributed by atoms with Gasteiger partial charge in [0.1, 0.15) is 29.7 Å². The van der Waals surface area contributed by atoms with Gasteiger partial charge in [0.2, 0.25) is 0 Å². The molecule has 2 aromatic rings. The number of ketones is 1. The van der Waals surface area contributed by atoms with Gasteiger partial charge in [0.25, 0.3) is 5.97 Å². The lowest BCUT2D eigenvalue weighted by atomic mass is 9.55. The Labute approximate surface area is 277 Å². The van der Waals surface area contributed by atoms with E-state index in [1.54, 1.807) is 6.92 Å². The lowest BCUT2D eigenvalue weighted by Crippen LogP contribution is -2.70. The molecule has 2 N–H and O–H groups in total. The normalized spacial score (nSPS) is 36.5. The number of carbonyl (C=O) groups excluding carboxylic acids is 2. The van der Waals surface area contributed by atoms with Gasteiger partial charge in [-0.15, -0.1) is 0 Å². The monoisotopic (exact) mass is 664 g/mol. The Balaban J connectivity index is 1.26. The number of hydrogen-bond donors (Lipinski definition) is 2. The van der Waals surface area contributed by atoms with E-state index in [0.29, 0.717) is 24.0 Å². The molecule has 0 spiro atoms. The number of ether oxygens (including phenoxy) is 6. The van der Waals surface area contributed by atoms with Gasteiger partial charge in [-0.05, 0) is 48.5 Å².